The Morgan fingerprint density at radius 1 is 1.18 bits per heavy atom. The molecule has 1 N–H and O–H groups in total. The minimum Gasteiger partial charge on any atom is -0.505 e. The lowest BCUT2D eigenvalue weighted by atomic mass is 10.2. The molecule has 0 heterocycles. The molecule has 0 amide bonds. The van der Waals surface area contributed by atoms with Crippen LogP contribution in [0.1, 0.15) is 5.56 Å². The molecule has 0 spiro atoms. The van der Waals surface area contributed by atoms with Crippen LogP contribution in [-0.2, 0) is 0 Å². The van der Waals surface area contributed by atoms with Gasteiger partial charge in [-0.2, -0.15) is 0 Å². The predicted octanol–water partition coefficient (Wildman–Crippen LogP) is 2.12. The van der Waals surface area contributed by atoms with Crippen LogP contribution in [0.3, 0.4) is 0 Å². The SMILES string of the molecule is Cc1c(F)c(O)cc(F)c1F. The summed E-state index contributed by atoms with van der Waals surface area (Å²) in [5.74, 6) is -4.51. The summed E-state index contributed by atoms with van der Waals surface area (Å²) >= 11 is 0. The Kier molecular flexibility index (Phi) is 1.76. The van der Waals surface area contributed by atoms with Gasteiger partial charge in [-0.1, -0.05) is 0 Å². The van der Waals surface area contributed by atoms with Gasteiger partial charge in [0.05, 0.1) is 0 Å². The molecule has 0 aliphatic carbocycles. The number of benzene rings is 1. The van der Waals surface area contributed by atoms with Crippen molar-refractivity contribution >= 4 is 0 Å². The summed E-state index contributed by atoms with van der Waals surface area (Å²) in [4.78, 5) is 0. The normalized spacial score (nSPS) is 10.2. The maximum absolute atomic E-state index is 12.5. The highest BCUT2D eigenvalue weighted by Crippen LogP contribution is 2.23. The first-order chi connectivity index (χ1) is 5.04. The van der Waals surface area contributed by atoms with Crippen LogP contribution in [0.5, 0.6) is 5.75 Å². The summed E-state index contributed by atoms with van der Waals surface area (Å²) in [5, 5.41) is 8.62. The van der Waals surface area contributed by atoms with E-state index in [0.717, 1.165) is 6.92 Å². The van der Waals surface area contributed by atoms with Crippen molar-refractivity contribution in [3.05, 3.63) is 29.1 Å². The van der Waals surface area contributed by atoms with Crippen molar-refractivity contribution < 1.29 is 18.3 Å². The second-order valence-electron chi connectivity index (χ2n) is 2.13. The standard InChI is InChI=1S/C7H5F3O/c1-3-6(9)4(8)2-5(11)7(3)10/h2,11H,1H3. The molecule has 0 aromatic heterocycles. The van der Waals surface area contributed by atoms with Crippen molar-refractivity contribution in [1.29, 1.82) is 0 Å². The van der Waals surface area contributed by atoms with Crippen LogP contribution in [0, 0.1) is 24.4 Å². The van der Waals surface area contributed by atoms with Gasteiger partial charge in [-0.25, -0.2) is 13.2 Å². The summed E-state index contributed by atoms with van der Waals surface area (Å²) in [6, 6.07) is 0.400. The molecule has 0 saturated heterocycles. The molecule has 11 heavy (non-hydrogen) atoms. The fourth-order valence-electron chi connectivity index (χ4n) is 0.714. The summed E-state index contributed by atoms with van der Waals surface area (Å²) in [6.45, 7) is 1.05. The van der Waals surface area contributed by atoms with Crippen molar-refractivity contribution in [3.63, 3.8) is 0 Å². The molecular weight excluding hydrogens is 157 g/mol. The molecule has 1 aromatic rings. The van der Waals surface area contributed by atoms with Crippen LogP contribution < -0.4 is 0 Å². The zero-order valence-electron chi connectivity index (χ0n) is 5.66. The fourth-order valence-corrected chi connectivity index (χ4v) is 0.714. The largest absolute Gasteiger partial charge is 0.505 e. The van der Waals surface area contributed by atoms with Crippen molar-refractivity contribution in [1.82, 2.24) is 0 Å². The minimum atomic E-state index is -1.26. The summed E-state index contributed by atoms with van der Waals surface area (Å²) < 4.78 is 37.3. The fraction of sp³-hybridized carbons (Fsp3) is 0.143. The Bertz CT molecular complexity index is 270. The first-order valence-corrected chi connectivity index (χ1v) is 2.87. The van der Waals surface area contributed by atoms with Crippen molar-refractivity contribution in [2.24, 2.45) is 0 Å². The summed E-state index contributed by atoms with van der Waals surface area (Å²) in [7, 11) is 0. The predicted molar refractivity (Wildman–Crippen MR) is 32.7 cm³/mol. The topological polar surface area (TPSA) is 20.2 Å². The van der Waals surface area contributed by atoms with Gasteiger partial charge in [-0.05, 0) is 6.92 Å². The van der Waals surface area contributed by atoms with E-state index in [0.29, 0.717) is 6.07 Å². The molecule has 1 aromatic carbocycles. The van der Waals surface area contributed by atoms with Gasteiger partial charge in [0.1, 0.15) is 0 Å². The maximum Gasteiger partial charge on any atom is 0.170 e. The molecule has 0 bridgehead atoms. The van der Waals surface area contributed by atoms with Crippen LogP contribution in [0.25, 0.3) is 0 Å². The molecule has 1 nitrogen and oxygen atoms in total. The Morgan fingerprint density at radius 2 is 1.73 bits per heavy atom. The van der Waals surface area contributed by atoms with E-state index in [9.17, 15) is 13.2 Å². The molecule has 1 rings (SSSR count). The van der Waals surface area contributed by atoms with Gasteiger partial charge < -0.3 is 5.11 Å². The van der Waals surface area contributed by atoms with Crippen LogP contribution in [-0.4, -0.2) is 5.11 Å². The third-order valence-corrected chi connectivity index (χ3v) is 1.36. The van der Waals surface area contributed by atoms with Gasteiger partial charge >= 0.3 is 0 Å². The molecular formula is C7H5F3O. The number of hydrogen-bond donors (Lipinski definition) is 1. The van der Waals surface area contributed by atoms with E-state index in [1.165, 1.54) is 0 Å². The molecule has 0 fully saturated rings. The van der Waals surface area contributed by atoms with Crippen molar-refractivity contribution in [2.45, 2.75) is 6.92 Å². The number of hydrogen-bond acceptors (Lipinski definition) is 1. The monoisotopic (exact) mass is 162 g/mol. The van der Waals surface area contributed by atoms with Gasteiger partial charge in [0.25, 0.3) is 0 Å². The Hall–Kier alpha value is -1.19. The quantitative estimate of drug-likeness (QED) is 0.579. The third kappa shape index (κ3) is 1.15. The van der Waals surface area contributed by atoms with E-state index in [1.807, 2.05) is 0 Å². The third-order valence-electron chi connectivity index (χ3n) is 1.36. The van der Waals surface area contributed by atoms with Gasteiger partial charge in [0.15, 0.2) is 23.2 Å². The average Bonchev–Trinajstić information content (AvgIpc) is 1.97. The lowest BCUT2D eigenvalue weighted by Crippen LogP contribution is -1.93. The molecule has 4 heteroatoms. The number of rotatable bonds is 0. The summed E-state index contributed by atoms with van der Waals surface area (Å²) in [5.41, 5.74) is -0.512. The Balaban J connectivity index is 3.46. The van der Waals surface area contributed by atoms with Crippen LogP contribution in [0.2, 0.25) is 0 Å². The van der Waals surface area contributed by atoms with Crippen LogP contribution in [0.15, 0.2) is 6.07 Å². The molecule has 0 aliphatic heterocycles. The van der Waals surface area contributed by atoms with E-state index in [1.54, 1.807) is 0 Å². The van der Waals surface area contributed by atoms with E-state index < -0.39 is 28.8 Å². The second kappa shape index (κ2) is 2.45. The molecule has 0 atom stereocenters. The van der Waals surface area contributed by atoms with Crippen LogP contribution >= 0.6 is 0 Å². The molecule has 0 radical (unpaired) electrons. The smallest absolute Gasteiger partial charge is 0.170 e. The van der Waals surface area contributed by atoms with E-state index in [2.05, 4.69) is 0 Å². The molecule has 0 aliphatic rings. The number of halogens is 3. The molecule has 60 valence electrons. The van der Waals surface area contributed by atoms with E-state index in [-0.39, 0.29) is 0 Å². The highest BCUT2D eigenvalue weighted by molar-refractivity contribution is 5.31. The number of aromatic hydroxyl groups is 1. The lowest BCUT2D eigenvalue weighted by Gasteiger charge is -2.00. The minimum absolute atomic E-state index is 0.400. The Labute approximate surface area is 61.1 Å². The maximum atomic E-state index is 12.5. The van der Waals surface area contributed by atoms with Gasteiger partial charge in [0.2, 0.25) is 0 Å². The van der Waals surface area contributed by atoms with Gasteiger partial charge in [0, 0.05) is 11.6 Å². The second-order valence-corrected chi connectivity index (χ2v) is 2.13. The first-order valence-electron chi connectivity index (χ1n) is 2.87. The summed E-state index contributed by atoms with van der Waals surface area (Å²) in [6.07, 6.45) is 0. The van der Waals surface area contributed by atoms with Crippen molar-refractivity contribution in [2.75, 3.05) is 0 Å². The van der Waals surface area contributed by atoms with Gasteiger partial charge in [-0.3, -0.25) is 0 Å². The highest BCUT2D eigenvalue weighted by atomic mass is 19.2. The average molecular weight is 162 g/mol. The molecule has 0 unspecified atom stereocenters. The van der Waals surface area contributed by atoms with E-state index in [4.69, 9.17) is 5.11 Å². The molecule has 0 saturated carbocycles. The van der Waals surface area contributed by atoms with Crippen LogP contribution in [0.4, 0.5) is 13.2 Å². The zero-order chi connectivity index (χ0) is 8.59. The zero-order valence-corrected chi connectivity index (χ0v) is 5.66. The number of phenolic OH excluding ortho intramolecular Hbond substituents is 1. The lowest BCUT2D eigenvalue weighted by molar-refractivity contribution is 0.408. The highest BCUT2D eigenvalue weighted by Gasteiger charge is 2.13. The Morgan fingerprint density at radius 3 is 2.27 bits per heavy atom. The first kappa shape index (κ1) is 7.91. The number of phenols is 1. The van der Waals surface area contributed by atoms with Crippen molar-refractivity contribution in [3.8, 4) is 5.75 Å². The van der Waals surface area contributed by atoms with E-state index >= 15 is 0 Å². The van der Waals surface area contributed by atoms with Gasteiger partial charge in [-0.15, -0.1) is 0 Å².